The quantitative estimate of drug-likeness (QED) is 0.902. The van der Waals surface area contributed by atoms with Gasteiger partial charge in [-0.2, -0.15) is 0 Å². The summed E-state index contributed by atoms with van der Waals surface area (Å²) >= 11 is 0. The van der Waals surface area contributed by atoms with Gasteiger partial charge >= 0.3 is 0 Å². The molecule has 1 N–H and O–H groups in total. The van der Waals surface area contributed by atoms with Crippen molar-refractivity contribution in [2.24, 2.45) is 17.8 Å². The standard InChI is InChI=1S/C20H26N2O2/c1-13-2-4-14(5-3-13)6-9-18(23)21-11-19(24)22-12-17-15-7-8-16(10-15)20(17)22/h2-5,15-17,20H,6-12H2,1H3,(H,21,23)/t15-,16-,17+,20-/m0/s1. The number of hydrogen-bond donors (Lipinski definition) is 1. The van der Waals surface area contributed by atoms with Crippen LogP contribution in [0.5, 0.6) is 0 Å². The number of benzene rings is 1. The second kappa shape index (κ2) is 6.23. The van der Waals surface area contributed by atoms with Crippen molar-refractivity contribution >= 4 is 11.8 Å². The first-order chi connectivity index (χ1) is 11.6. The third kappa shape index (κ3) is 2.83. The van der Waals surface area contributed by atoms with E-state index in [1.807, 2.05) is 4.90 Å². The second-order valence-corrected chi connectivity index (χ2v) is 7.80. The van der Waals surface area contributed by atoms with Crippen LogP contribution in [0.3, 0.4) is 0 Å². The smallest absolute Gasteiger partial charge is 0.242 e. The number of nitrogens with one attached hydrogen (secondary N) is 1. The highest BCUT2D eigenvalue weighted by Crippen LogP contribution is 2.55. The average Bonchev–Trinajstić information content (AvgIpc) is 3.09. The van der Waals surface area contributed by atoms with Gasteiger partial charge in [-0.15, -0.1) is 0 Å². The molecule has 2 amide bonds. The van der Waals surface area contributed by atoms with Crippen molar-refractivity contribution in [3.63, 3.8) is 0 Å². The van der Waals surface area contributed by atoms with Gasteiger partial charge in [0.05, 0.1) is 6.54 Å². The van der Waals surface area contributed by atoms with Crippen LogP contribution in [-0.4, -0.2) is 35.8 Å². The third-order valence-electron chi connectivity index (χ3n) is 6.33. The van der Waals surface area contributed by atoms with Gasteiger partial charge < -0.3 is 10.2 Å². The Balaban J connectivity index is 1.20. The minimum absolute atomic E-state index is 0.0334. The summed E-state index contributed by atoms with van der Waals surface area (Å²) in [6.07, 6.45) is 5.13. The number of nitrogens with zero attached hydrogens (tertiary/aromatic N) is 1. The summed E-state index contributed by atoms with van der Waals surface area (Å²) in [5, 5.41) is 2.81. The highest BCUT2D eigenvalue weighted by Gasteiger charge is 2.57. The number of rotatable bonds is 5. The van der Waals surface area contributed by atoms with E-state index in [-0.39, 0.29) is 18.4 Å². The highest BCUT2D eigenvalue weighted by molar-refractivity contribution is 5.85. The maximum absolute atomic E-state index is 12.4. The van der Waals surface area contributed by atoms with Crippen molar-refractivity contribution in [3.05, 3.63) is 35.4 Å². The van der Waals surface area contributed by atoms with Gasteiger partial charge in [-0.05, 0) is 50.0 Å². The number of likely N-dealkylation sites (tertiary alicyclic amines) is 1. The van der Waals surface area contributed by atoms with Crippen molar-refractivity contribution in [1.82, 2.24) is 10.2 Å². The van der Waals surface area contributed by atoms with Crippen LogP contribution in [0.4, 0.5) is 0 Å². The van der Waals surface area contributed by atoms with E-state index >= 15 is 0 Å². The molecule has 0 unspecified atom stereocenters. The Labute approximate surface area is 143 Å². The van der Waals surface area contributed by atoms with Crippen LogP contribution >= 0.6 is 0 Å². The molecule has 0 spiro atoms. The SMILES string of the molecule is Cc1ccc(CCC(=O)NCC(=O)N2C[C@@H]3[C@H]4CC[C@@H](C4)[C@@H]32)cc1. The van der Waals surface area contributed by atoms with Crippen LogP contribution in [0.25, 0.3) is 0 Å². The normalized spacial score (nSPS) is 30.0. The number of amides is 2. The van der Waals surface area contributed by atoms with Crippen LogP contribution in [0.15, 0.2) is 24.3 Å². The molecule has 24 heavy (non-hydrogen) atoms. The first-order valence-corrected chi connectivity index (χ1v) is 9.23. The number of hydrogen-bond acceptors (Lipinski definition) is 2. The average molecular weight is 326 g/mol. The van der Waals surface area contributed by atoms with Crippen LogP contribution in [0.1, 0.15) is 36.8 Å². The molecule has 0 aromatic heterocycles. The van der Waals surface area contributed by atoms with E-state index in [2.05, 4.69) is 36.5 Å². The Morgan fingerprint density at radius 3 is 2.67 bits per heavy atom. The molecule has 4 atom stereocenters. The van der Waals surface area contributed by atoms with Gasteiger partial charge in [0.2, 0.25) is 11.8 Å². The van der Waals surface area contributed by atoms with E-state index < -0.39 is 0 Å². The Kier molecular flexibility index (Phi) is 4.07. The molecule has 3 fully saturated rings. The van der Waals surface area contributed by atoms with Gasteiger partial charge in [0.1, 0.15) is 0 Å². The Hall–Kier alpha value is -1.84. The van der Waals surface area contributed by atoms with Crippen LogP contribution in [0, 0.1) is 24.7 Å². The molecule has 0 radical (unpaired) electrons. The zero-order chi connectivity index (χ0) is 16.7. The number of carbonyl (C=O) groups excluding carboxylic acids is 2. The molecular weight excluding hydrogens is 300 g/mol. The summed E-state index contributed by atoms with van der Waals surface area (Å²) in [5.74, 6) is 2.43. The fourth-order valence-electron chi connectivity index (χ4n) is 4.98. The lowest BCUT2D eigenvalue weighted by Gasteiger charge is -2.50. The fraction of sp³-hybridized carbons (Fsp3) is 0.600. The molecule has 1 heterocycles. The van der Waals surface area contributed by atoms with Crippen molar-refractivity contribution in [1.29, 1.82) is 0 Å². The molecule has 4 heteroatoms. The molecule has 2 bridgehead atoms. The monoisotopic (exact) mass is 326 g/mol. The summed E-state index contributed by atoms with van der Waals surface area (Å²) in [4.78, 5) is 26.4. The third-order valence-corrected chi connectivity index (χ3v) is 6.33. The van der Waals surface area contributed by atoms with Crippen LogP contribution in [-0.2, 0) is 16.0 Å². The van der Waals surface area contributed by atoms with Crippen molar-refractivity contribution in [3.8, 4) is 0 Å². The molecule has 3 aliphatic rings. The van der Waals surface area contributed by atoms with Gasteiger partial charge in [-0.25, -0.2) is 0 Å². The molecule has 128 valence electrons. The summed E-state index contributed by atoms with van der Waals surface area (Å²) in [6, 6.07) is 8.73. The summed E-state index contributed by atoms with van der Waals surface area (Å²) in [6.45, 7) is 3.13. The van der Waals surface area contributed by atoms with Gasteiger partial charge in [0.15, 0.2) is 0 Å². The number of aryl methyl sites for hydroxylation is 2. The molecule has 1 saturated heterocycles. The largest absolute Gasteiger partial charge is 0.347 e. The lowest BCUT2D eigenvalue weighted by Crippen LogP contribution is -2.62. The van der Waals surface area contributed by atoms with Gasteiger partial charge in [-0.1, -0.05) is 29.8 Å². The lowest BCUT2D eigenvalue weighted by molar-refractivity contribution is -0.147. The maximum Gasteiger partial charge on any atom is 0.242 e. The first kappa shape index (κ1) is 15.7. The van der Waals surface area contributed by atoms with Gasteiger partial charge in [-0.3, -0.25) is 9.59 Å². The predicted octanol–water partition coefficient (Wildman–Crippen LogP) is 2.30. The van der Waals surface area contributed by atoms with E-state index in [1.165, 1.54) is 24.8 Å². The Morgan fingerprint density at radius 2 is 1.92 bits per heavy atom. The molecule has 4 nitrogen and oxygen atoms in total. The summed E-state index contributed by atoms with van der Waals surface area (Å²) < 4.78 is 0. The molecule has 1 aromatic carbocycles. The topological polar surface area (TPSA) is 49.4 Å². The van der Waals surface area contributed by atoms with Crippen LogP contribution < -0.4 is 5.32 Å². The number of carbonyl (C=O) groups is 2. The van der Waals surface area contributed by atoms with Crippen molar-refractivity contribution in [2.75, 3.05) is 13.1 Å². The van der Waals surface area contributed by atoms with E-state index in [4.69, 9.17) is 0 Å². The molecule has 4 rings (SSSR count). The predicted molar refractivity (Wildman–Crippen MR) is 92.3 cm³/mol. The fourth-order valence-corrected chi connectivity index (χ4v) is 4.98. The summed E-state index contributed by atoms with van der Waals surface area (Å²) in [5.41, 5.74) is 2.39. The molecule has 2 aliphatic carbocycles. The first-order valence-electron chi connectivity index (χ1n) is 9.23. The highest BCUT2D eigenvalue weighted by atomic mass is 16.2. The number of fused-ring (bicyclic) bond motifs is 5. The molecule has 1 aliphatic heterocycles. The van der Waals surface area contributed by atoms with E-state index in [0.29, 0.717) is 12.5 Å². The van der Waals surface area contributed by atoms with E-state index in [0.717, 1.165) is 36.3 Å². The molecule has 1 aromatic rings. The van der Waals surface area contributed by atoms with E-state index in [9.17, 15) is 9.59 Å². The molecular formula is C20H26N2O2. The maximum atomic E-state index is 12.4. The van der Waals surface area contributed by atoms with Gasteiger partial charge in [0.25, 0.3) is 0 Å². The summed E-state index contributed by atoms with van der Waals surface area (Å²) in [7, 11) is 0. The van der Waals surface area contributed by atoms with E-state index in [1.54, 1.807) is 0 Å². The van der Waals surface area contributed by atoms with Crippen LogP contribution in [0.2, 0.25) is 0 Å². The zero-order valence-corrected chi connectivity index (χ0v) is 14.3. The minimum atomic E-state index is -0.0334. The minimum Gasteiger partial charge on any atom is -0.347 e. The van der Waals surface area contributed by atoms with Crippen molar-refractivity contribution < 1.29 is 9.59 Å². The van der Waals surface area contributed by atoms with Gasteiger partial charge in [0, 0.05) is 24.9 Å². The van der Waals surface area contributed by atoms with Crippen molar-refractivity contribution in [2.45, 2.75) is 45.1 Å². The lowest BCUT2D eigenvalue weighted by atomic mass is 9.77. The Morgan fingerprint density at radius 1 is 1.17 bits per heavy atom. The zero-order valence-electron chi connectivity index (χ0n) is 14.3. The Bertz CT molecular complexity index is 638. The second-order valence-electron chi connectivity index (χ2n) is 7.80. The molecule has 2 saturated carbocycles.